The largest absolute Gasteiger partial charge is 0.380 e. The minimum Gasteiger partial charge on any atom is -0.380 e. The van der Waals surface area contributed by atoms with Crippen LogP contribution in [0.2, 0.25) is 0 Å². The molecule has 0 spiro atoms. The van der Waals surface area contributed by atoms with Gasteiger partial charge in [-0.05, 0) is 98.3 Å². The maximum atomic E-state index is 5.11. The minimum atomic E-state index is -0.389. The summed E-state index contributed by atoms with van der Waals surface area (Å²) in [4.78, 5) is 5.11. The third kappa shape index (κ3) is 4.40. The lowest BCUT2D eigenvalue weighted by molar-refractivity contribution is 0.789. The van der Waals surface area contributed by atoms with Crippen LogP contribution < -0.4 is 10.6 Å². The van der Waals surface area contributed by atoms with E-state index in [1.807, 2.05) is 12.3 Å². The number of fused-ring (bicyclic) bond motifs is 2. The zero-order chi connectivity index (χ0) is 27.2. The molecule has 0 radical (unpaired) electrons. The fourth-order valence-electron chi connectivity index (χ4n) is 6.22. The molecule has 38 heavy (non-hydrogen) atoms. The molecule has 4 aromatic rings. The lowest BCUT2D eigenvalue weighted by atomic mass is 9.81. The Balaban J connectivity index is 1.99. The Kier molecular flexibility index (Phi) is 7.05. The molecule has 0 saturated heterocycles. The first-order valence-corrected chi connectivity index (χ1v) is 15.1. The van der Waals surface area contributed by atoms with Gasteiger partial charge in [0.25, 0.3) is 0 Å². The number of rotatable bonds is 5. The highest BCUT2D eigenvalue weighted by molar-refractivity contribution is 7.68. The lowest BCUT2D eigenvalue weighted by Gasteiger charge is -2.30. The number of hydrogen-bond acceptors (Lipinski definition) is 2. The number of allylic oxidation sites excluding steroid dienone is 2. The zero-order valence-corrected chi connectivity index (χ0v) is 24.8. The van der Waals surface area contributed by atoms with Crippen molar-refractivity contribution in [2.75, 3.05) is 11.6 Å². The zero-order valence-electron chi connectivity index (χ0n) is 23.9. The Morgan fingerprint density at radius 1 is 1.00 bits per heavy atom. The van der Waals surface area contributed by atoms with E-state index in [2.05, 4.69) is 115 Å². The molecule has 1 aliphatic rings. The van der Waals surface area contributed by atoms with E-state index in [1.165, 1.54) is 66.4 Å². The molecule has 0 aliphatic carbocycles. The van der Waals surface area contributed by atoms with Crippen LogP contribution in [0.15, 0.2) is 67.4 Å². The molecule has 1 unspecified atom stereocenters. The van der Waals surface area contributed by atoms with E-state index < -0.39 is 0 Å². The number of benzene rings is 3. The van der Waals surface area contributed by atoms with Crippen molar-refractivity contribution < 1.29 is 0 Å². The average molecular weight is 519 g/mol. The number of aryl methyl sites for hydroxylation is 3. The lowest BCUT2D eigenvalue weighted by Crippen LogP contribution is -2.19. The van der Waals surface area contributed by atoms with Crippen molar-refractivity contribution in [1.29, 1.82) is 0 Å². The van der Waals surface area contributed by atoms with E-state index in [4.69, 9.17) is 4.98 Å². The summed E-state index contributed by atoms with van der Waals surface area (Å²) in [5.74, 6) is 0. The minimum absolute atomic E-state index is 0.202. The normalized spacial score (nSPS) is 15.2. The van der Waals surface area contributed by atoms with E-state index >= 15 is 0 Å². The summed E-state index contributed by atoms with van der Waals surface area (Å²) in [6, 6.07) is 15.7. The Labute approximate surface area is 229 Å². The third-order valence-electron chi connectivity index (χ3n) is 7.63. The highest BCUT2D eigenvalue weighted by atomic mass is 31.1. The van der Waals surface area contributed by atoms with Crippen LogP contribution in [0.5, 0.6) is 0 Å². The Hall–Kier alpha value is -3.22. The van der Waals surface area contributed by atoms with Crippen molar-refractivity contribution >= 4 is 35.9 Å². The smallest absolute Gasteiger partial charge is 0.0790 e. The van der Waals surface area contributed by atoms with Gasteiger partial charge in [0.1, 0.15) is 0 Å². The SMILES string of the molecule is C=CCc1c(/C=C\C)c(-c2c(C)cc(C)cc2C)c2cccnc2c1-c1cccc2c1P(C(C)(C)C)CN2. The van der Waals surface area contributed by atoms with E-state index in [1.54, 1.807) is 0 Å². The molecule has 2 heterocycles. The molecule has 0 bridgehead atoms. The average Bonchev–Trinajstić information content (AvgIpc) is 3.31. The summed E-state index contributed by atoms with van der Waals surface area (Å²) < 4.78 is 0. The van der Waals surface area contributed by atoms with E-state index in [0.29, 0.717) is 0 Å². The van der Waals surface area contributed by atoms with Gasteiger partial charge in [-0.3, -0.25) is 4.98 Å². The summed E-state index contributed by atoms with van der Waals surface area (Å²) in [6.45, 7) is 20.1. The van der Waals surface area contributed by atoms with Gasteiger partial charge in [0.2, 0.25) is 0 Å². The van der Waals surface area contributed by atoms with Crippen LogP contribution in [0.4, 0.5) is 5.69 Å². The van der Waals surface area contributed by atoms with Crippen molar-refractivity contribution in [3.8, 4) is 22.3 Å². The van der Waals surface area contributed by atoms with Crippen LogP contribution in [0.1, 0.15) is 55.5 Å². The molecule has 2 nitrogen and oxygen atoms in total. The Morgan fingerprint density at radius 2 is 1.74 bits per heavy atom. The molecular weight excluding hydrogens is 479 g/mol. The van der Waals surface area contributed by atoms with Crippen molar-refractivity contribution in [2.24, 2.45) is 0 Å². The van der Waals surface area contributed by atoms with Crippen LogP contribution in [-0.4, -0.2) is 16.4 Å². The first-order chi connectivity index (χ1) is 18.2. The summed E-state index contributed by atoms with van der Waals surface area (Å²) in [5, 5.41) is 6.63. The van der Waals surface area contributed by atoms with E-state index in [0.717, 1.165) is 18.2 Å². The first kappa shape index (κ1) is 26.4. The molecule has 3 aromatic carbocycles. The molecular formula is C35H39N2P. The fraction of sp³-hybridized carbons (Fsp3) is 0.286. The summed E-state index contributed by atoms with van der Waals surface area (Å²) >= 11 is 0. The van der Waals surface area contributed by atoms with Crippen molar-refractivity contribution in [3.63, 3.8) is 0 Å². The molecule has 3 heteroatoms. The second-order valence-corrected chi connectivity index (χ2v) is 14.4. The van der Waals surface area contributed by atoms with Crippen molar-refractivity contribution in [2.45, 2.75) is 60.0 Å². The molecule has 1 aliphatic heterocycles. The third-order valence-corrected chi connectivity index (χ3v) is 10.7. The predicted molar refractivity (Wildman–Crippen MR) is 170 cm³/mol. The maximum absolute atomic E-state index is 5.11. The highest BCUT2D eigenvalue weighted by Gasteiger charge is 2.35. The van der Waals surface area contributed by atoms with Gasteiger partial charge in [0, 0.05) is 34.4 Å². The molecule has 1 N–H and O–H groups in total. The number of anilines is 1. The number of hydrogen-bond donors (Lipinski definition) is 1. The van der Waals surface area contributed by atoms with Gasteiger partial charge in [-0.15, -0.1) is 6.58 Å². The Morgan fingerprint density at radius 3 is 2.39 bits per heavy atom. The summed E-state index contributed by atoms with van der Waals surface area (Å²) in [7, 11) is -0.389. The van der Waals surface area contributed by atoms with Crippen molar-refractivity contribution in [3.05, 3.63) is 95.2 Å². The van der Waals surface area contributed by atoms with Crippen LogP contribution in [0.25, 0.3) is 39.2 Å². The van der Waals surface area contributed by atoms with Crippen LogP contribution in [-0.2, 0) is 6.42 Å². The Bertz CT molecular complexity index is 1560. The standard InChI is InChI=1S/C35H39N2P/c1-9-13-25-26(14-10-2)32(28-15-11-17-29-34(28)38(21-37-29)35(6,7)8)33-27(16-12-18-36-33)31(25)30-23(4)19-22(3)20-24(30)5/h9-13,15-20,37H,2,14,21H2,1,3-8H3/b13-9-. The van der Waals surface area contributed by atoms with Gasteiger partial charge in [-0.25, -0.2) is 0 Å². The van der Waals surface area contributed by atoms with Crippen LogP contribution in [0, 0.1) is 20.8 Å². The molecule has 194 valence electrons. The van der Waals surface area contributed by atoms with Gasteiger partial charge >= 0.3 is 0 Å². The number of pyridine rings is 1. The van der Waals surface area contributed by atoms with Gasteiger partial charge in [-0.2, -0.15) is 0 Å². The number of nitrogens with zero attached hydrogens (tertiary/aromatic N) is 1. The highest BCUT2D eigenvalue weighted by Crippen LogP contribution is 2.56. The van der Waals surface area contributed by atoms with Gasteiger partial charge in [0.15, 0.2) is 0 Å². The number of aromatic nitrogens is 1. The quantitative estimate of drug-likeness (QED) is 0.210. The molecule has 1 aromatic heterocycles. The van der Waals surface area contributed by atoms with Gasteiger partial charge in [0.05, 0.1) is 5.52 Å². The first-order valence-electron chi connectivity index (χ1n) is 13.6. The van der Waals surface area contributed by atoms with Gasteiger partial charge < -0.3 is 5.32 Å². The maximum Gasteiger partial charge on any atom is 0.0790 e. The topological polar surface area (TPSA) is 24.9 Å². The summed E-state index contributed by atoms with van der Waals surface area (Å²) in [5.41, 5.74) is 14.0. The van der Waals surface area contributed by atoms with Crippen molar-refractivity contribution in [1.82, 2.24) is 4.98 Å². The van der Waals surface area contributed by atoms with E-state index in [9.17, 15) is 0 Å². The molecule has 0 fully saturated rings. The molecule has 0 saturated carbocycles. The molecule has 1 atom stereocenters. The van der Waals surface area contributed by atoms with Gasteiger partial charge in [-0.1, -0.05) is 74.9 Å². The predicted octanol–water partition coefficient (Wildman–Crippen LogP) is 9.54. The summed E-state index contributed by atoms with van der Waals surface area (Å²) in [6.07, 6.45) is 10.3. The second kappa shape index (κ2) is 10.2. The fourth-order valence-corrected chi connectivity index (χ4v) is 8.77. The monoisotopic (exact) mass is 518 g/mol. The number of nitrogens with one attached hydrogen (secondary N) is 1. The second-order valence-electron chi connectivity index (χ2n) is 11.4. The molecule has 0 amide bonds. The molecule has 5 rings (SSSR count). The van der Waals surface area contributed by atoms with Crippen LogP contribution >= 0.6 is 7.92 Å². The van der Waals surface area contributed by atoms with Crippen LogP contribution in [0.3, 0.4) is 0 Å². The van der Waals surface area contributed by atoms with E-state index in [-0.39, 0.29) is 13.1 Å².